The molecular weight excluding hydrogens is 249 g/mol. The minimum absolute atomic E-state index is 0.109. The van der Waals surface area contributed by atoms with E-state index in [1.54, 1.807) is 24.5 Å². The fraction of sp³-hybridized carbons (Fsp3) is 0.143. The van der Waals surface area contributed by atoms with Gasteiger partial charge in [-0.3, -0.25) is 9.78 Å². The highest BCUT2D eigenvalue weighted by Crippen LogP contribution is 2.19. The fourth-order valence-electron chi connectivity index (χ4n) is 1.50. The van der Waals surface area contributed by atoms with Crippen LogP contribution in [-0.2, 0) is 11.2 Å². The lowest BCUT2D eigenvalue weighted by molar-refractivity contribution is -0.116. The second-order valence-electron chi connectivity index (χ2n) is 3.82. The van der Waals surface area contributed by atoms with Crippen molar-refractivity contribution in [3.8, 4) is 0 Å². The monoisotopic (exact) mass is 261 g/mol. The van der Waals surface area contributed by atoms with Crippen LogP contribution in [0.4, 0.5) is 4.39 Å². The maximum absolute atomic E-state index is 12.9. The molecule has 0 N–H and O–H groups in total. The molecule has 92 valence electrons. The molecule has 2 aromatic rings. The van der Waals surface area contributed by atoms with Gasteiger partial charge in [-0.1, -0.05) is 12.1 Å². The van der Waals surface area contributed by atoms with E-state index in [-0.39, 0.29) is 11.6 Å². The van der Waals surface area contributed by atoms with Gasteiger partial charge in [-0.25, -0.2) is 4.39 Å². The molecule has 1 aromatic carbocycles. The number of rotatable bonds is 5. The second-order valence-corrected chi connectivity index (χ2v) is 4.87. The molecule has 18 heavy (non-hydrogen) atoms. The van der Waals surface area contributed by atoms with Crippen molar-refractivity contribution in [2.75, 3.05) is 5.75 Å². The van der Waals surface area contributed by atoms with Gasteiger partial charge in [-0.15, -0.1) is 11.8 Å². The number of carbonyl (C=O) groups excluding carboxylic acids is 1. The third-order valence-corrected chi connectivity index (χ3v) is 3.37. The van der Waals surface area contributed by atoms with Crippen LogP contribution >= 0.6 is 11.8 Å². The van der Waals surface area contributed by atoms with Gasteiger partial charge < -0.3 is 0 Å². The average molecular weight is 261 g/mol. The molecule has 0 aliphatic heterocycles. The number of nitrogens with zero attached hydrogens (tertiary/aromatic N) is 1. The molecule has 2 nitrogen and oxygen atoms in total. The predicted molar refractivity (Wildman–Crippen MR) is 70.1 cm³/mol. The highest BCUT2D eigenvalue weighted by Gasteiger charge is 2.05. The Balaban J connectivity index is 1.85. The van der Waals surface area contributed by atoms with Crippen molar-refractivity contribution >= 4 is 17.5 Å². The number of halogens is 1. The zero-order chi connectivity index (χ0) is 12.8. The summed E-state index contributed by atoms with van der Waals surface area (Å²) in [6.07, 6.45) is 3.73. The predicted octanol–water partition coefficient (Wildman–Crippen LogP) is 3.12. The summed E-state index contributed by atoms with van der Waals surface area (Å²) in [5.74, 6) is 0.176. The van der Waals surface area contributed by atoms with E-state index in [2.05, 4.69) is 4.98 Å². The van der Waals surface area contributed by atoms with Gasteiger partial charge in [0.05, 0.1) is 5.75 Å². The molecule has 0 amide bonds. The summed E-state index contributed by atoms with van der Waals surface area (Å²) in [7, 11) is 0. The van der Waals surface area contributed by atoms with Crippen molar-refractivity contribution in [3.05, 3.63) is 60.2 Å². The summed E-state index contributed by atoms with van der Waals surface area (Å²) in [5.41, 5.74) is 0.905. The third-order valence-electron chi connectivity index (χ3n) is 2.32. The summed E-state index contributed by atoms with van der Waals surface area (Å²) in [6, 6.07) is 9.94. The normalized spacial score (nSPS) is 10.3. The first-order chi connectivity index (χ1) is 8.74. The van der Waals surface area contributed by atoms with Gasteiger partial charge in [-0.2, -0.15) is 0 Å². The molecule has 0 unspecified atom stereocenters. The SMILES string of the molecule is O=C(CSc1cccc(F)c1)Cc1cccnc1. The molecule has 0 aliphatic rings. The van der Waals surface area contributed by atoms with E-state index in [0.717, 1.165) is 10.5 Å². The number of ketones is 1. The number of pyridine rings is 1. The number of aromatic nitrogens is 1. The first kappa shape index (κ1) is 12.8. The summed E-state index contributed by atoms with van der Waals surface area (Å²) < 4.78 is 12.9. The summed E-state index contributed by atoms with van der Waals surface area (Å²) in [6.45, 7) is 0. The Morgan fingerprint density at radius 2 is 2.17 bits per heavy atom. The van der Waals surface area contributed by atoms with Gasteiger partial charge in [0.15, 0.2) is 0 Å². The van der Waals surface area contributed by atoms with Gasteiger partial charge in [0.1, 0.15) is 11.6 Å². The van der Waals surface area contributed by atoms with E-state index in [9.17, 15) is 9.18 Å². The van der Waals surface area contributed by atoms with Crippen molar-refractivity contribution in [1.82, 2.24) is 4.98 Å². The van der Waals surface area contributed by atoms with Crippen LogP contribution in [-0.4, -0.2) is 16.5 Å². The lowest BCUT2D eigenvalue weighted by atomic mass is 10.2. The van der Waals surface area contributed by atoms with Crippen molar-refractivity contribution < 1.29 is 9.18 Å². The quantitative estimate of drug-likeness (QED) is 0.775. The van der Waals surface area contributed by atoms with Gasteiger partial charge in [0.2, 0.25) is 0 Å². The molecule has 0 aliphatic carbocycles. The zero-order valence-corrected chi connectivity index (χ0v) is 10.5. The van der Waals surface area contributed by atoms with Crippen molar-refractivity contribution in [1.29, 1.82) is 0 Å². The first-order valence-electron chi connectivity index (χ1n) is 5.53. The first-order valence-corrected chi connectivity index (χ1v) is 6.51. The van der Waals surface area contributed by atoms with Crippen LogP contribution in [0.3, 0.4) is 0 Å². The second kappa shape index (κ2) is 6.31. The molecule has 4 heteroatoms. The molecule has 2 rings (SSSR count). The Morgan fingerprint density at radius 3 is 2.89 bits per heavy atom. The lowest BCUT2D eigenvalue weighted by Gasteiger charge is -2.02. The van der Waals surface area contributed by atoms with Crippen LogP contribution in [0, 0.1) is 5.82 Å². The third kappa shape index (κ3) is 3.96. The van der Waals surface area contributed by atoms with E-state index in [1.165, 1.54) is 23.9 Å². The summed E-state index contributed by atoms with van der Waals surface area (Å²) >= 11 is 1.35. The van der Waals surface area contributed by atoms with Crippen LogP contribution in [0.1, 0.15) is 5.56 Å². The number of Topliss-reactive ketones (excluding diaryl/α,β-unsaturated/α-hetero) is 1. The van der Waals surface area contributed by atoms with Gasteiger partial charge in [0, 0.05) is 23.7 Å². The van der Waals surface area contributed by atoms with Gasteiger partial charge in [0.25, 0.3) is 0 Å². The van der Waals surface area contributed by atoms with Gasteiger partial charge >= 0.3 is 0 Å². The van der Waals surface area contributed by atoms with E-state index < -0.39 is 0 Å². The highest BCUT2D eigenvalue weighted by molar-refractivity contribution is 8.00. The minimum Gasteiger partial charge on any atom is -0.298 e. The van der Waals surface area contributed by atoms with Crippen LogP contribution < -0.4 is 0 Å². The Labute approximate surface area is 109 Å². The van der Waals surface area contributed by atoms with E-state index in [0.29, 0.717) is 12.2 Å². The Hall–Kier alpha value is -1.68. The van der Waals surface area contributed by atoms with Crippen LogP contribution in [0.25, 0.3) is 0 Å². The van der Waals surface area contributed by atoms with Crippen LogP contribution in [0.5, 0.6) is 0 Å². The van der Waals surface area contributed by atoms with Crippen molar-refractivity contribution in [3.63, 3.8) is 0 Å². The Kier molecular flexibility index (Phi) is 4.47. The molecule has 0 bridgehead atoms. The standard InChI is InChI=1S/C14H12FNOS/c15-12-4-1-5-14(8-12)18-10-13(17)7-11-3-2-6-16-9-11/h1-6,8-9H,7,10H2. The molecule has 0 atom stereocenters. The molecule has 0 radical (unpaired) electrons. The van der Waals surface area contributed by atoms with E-state index in [1.807, 2.05) is 12.1 Å². The highest BCUT2D eigenvalue weighted by atomic mass is 32.2. The van der Waals surface area contributed by atoms with Crippen molar-refractivity contribution in [2.45, 2.75) is 11.3 Å². The molecule has 0 saturated heterocycles. The largest absolute Gasteiger partial charge is 0.298 e. The topological polar surface area (TPSA) is 30.0 Å². The maximum Gasteiger partial charge on any atom is 0.147 e. The smallest absolute Gasteiger partial charge is 0.147 e. The zero-order valence-electron chi connectivity index (χ0n) is 9.67. The van der Waals surface area contributed by atoms with E-state index >= 15 is 0 Å². The van der Waals surface area contributed by atoms with Crippen LogP contribution in [0.15, 0.2) is 53.7 Å². The number of hydrogen-bond donors (Lipinski definition) is 0. The van der Waals surface area contributed by atoms with Crippen molar-refractivity contribution in [2.24, 2.45) is 0 Å². The average Bonchev–Trinajstić information content (AvgIpc) is 2.38. The van der Waals surface area contributed by atoms with Gasteiger partial charge in [-0.05, 0) is 29.8 Å². The molecule has 0 spiro atoms. The van der Waals surface area contributed by atoms with Crippen LogP contribution in [0.2, 0.25) is 0 Å². The summed E-state index contributed by atoms with van der Waals surface area (Å²) in [5, 5.41) is 0. The summed E-state index contributed by atoms with van der Waals surface area (Å²) in [4.78, 5) is 16.5. The number of benzene rings is 1. The number of thioether (sulfide) groups is 1. The molecule has 1 aromatic heterocycles. The number of hydrogen-bond acceptors (Lipinski definition) is 3. The Morgan fingerprint density at radius 1 is 1.28 bits per heavy atom. The minimum atomic E-state index is -0.278. The fourth-order valence-corrected chi connectivity index (χ4v) is 2.30. The lowest BCUT2D eigenvalue weighted by Crippen LogP contribution is -2.05. The number of carbonyl (C=O) groups is 1. The molecular formula is C14H12FNOS. The Bertz CT molecular complexity index is 530. The maximum atomic E-state index is 12.9. The molecule has 0 fully saturated rings. The molecule has 1 heterocycles. The van der Waals surface area contributed by atoms with E-state index in [4.69, 9.17) is 0 Å². The molecule has 0 saturated carbocycles.